The molecular weight excluding hydrogens is 531 g/mol. The maximum absolute atomic E-state index is 13.2. The second-order valence-electron chi connectivity index (χ2n) is 9.23. The Balaban J connectivity index is 1.48. The van der Waals surface area contributed by atoms with Gasteiger partial charge in [-0.05, 0) is 41.8 Å². The van der Waals surface area contributed by atoms with E-state index < -0.39 is 30.2 Å². The van der Waals surface area contributed by atoms with Crippen LogP contribution >= 0.6 is 0 Å². The highest BCUT2D eigenvalue weighted by Gasteiger charge is 2.40. The van der Waals surface area contributed by atoms with Crippen molar-refractivity contribution in [2.24, 2.45) is 0 Å². The van der Waals surface area contributed by atoms with Gasteiger partial charge in [0, 0.05) is 12.3 Å². The van der Waals surface area contributed by atoms with Crippen LogP contribution in [-0.4, -0.2) is 45.7 Å². The molecule has 3 amide bonds. The van der Waals surface area contributed by atoms with Crippen LogP contribution in [0.15, 0.2) is 55.1 Å². The number of carbonyl (C=O) groups is 2. The van der Waals surface area contributed by atoms with Crippen molar-refractivity contribution < 1.29 is 37.3 Å². The second-order valence-corrected chi connectivity index (χ2v) is 9.23. The van der Waals surface area contributed by atoms with Gasteiger partial charge in [-0.1, -0.05) is 13.8 Å². The summed E-state index contributed by atoms with van der Waals surface area (Å²) < 4.78 is 50.8. The fraction of sp³-hybridized carbons (Fsp3) is 0.222. The number of urea groups is 1. The quantitative estimate of drug-likeness (QED) is 0.305. The molecule has 3 heterocycles. The largest absolute Gasteiger partial charge is 0.504 e. The number of phenolic OH excluding ortho intramolecular Hbond substituents is 1. The van der Waals surface area contributed by atoms with Crippen molar-refractivity contribution in [1.82, 2.24) is 15.0 Å². The number of anilines is 2. The molecule has 0 atom stereocenters. The van der Waals surface area contributed by atoms with Gasteiger partial charge < -0.3 is 14.6 Å². The zero-order valence-corrected chi connectivity index (χ0v) is 21.4. The average molecular weight is 553 g/mol. The highest BCUT2D eigenvalue weighted by Crippen LogP contribution is 2.39. The standard InChI is InChI=1S/C27H22F3N5O5/c1-14(2)18-7-16(35-24(37)12-34(26(35)38)17-6-15(10-31-11-17)27(28,29)30)4-5-22(18)40-25-19-8-23(39-3)21(36)9-20(19)32-13-33-25/h4-11,13-14,36H,12H2,1-3H3. The van der Waals surface area contributed by atoms with E-state index in [2.05, 4.69) is 15.0 Å². The summed E-state index contributed by atoms with van der Waals surface area (Å²) in [5.41, 5.74) is 0.111. The molecule has 1 saturated heterocycles. The SMILES string of the molecule is COc1cc2c(Oc3ccc(N4C(=O)CN(c5cncc(C(F)(F)F)c5)C4=O)cc3C(C)C)ncnc2cc1O. The normalized spacial score (nSPS) is 14.0. The molecule has 0 unspecified atom stereocenters. The molecular formula is C27H22F3N5O5. The van der Waals surface area contributed by atoms with Crippen molar-refractivity contribution in [2.75, 3.05) is 23.5 Å². The summed E-state index contributed by atoms with van der Waals surface area (Å²) >= 11 is 0. The van der Waals surface area contributed by atoms with Gasteiger partial charge in [0.25, 0.3) is 5.91 Å². The highest BCUT2D eigenvalue weighted by atomic mass is 19.4. The third-order valence-corrected chi connectivity index (χ3v) is 6.31. The number of ether oxygens (including phenoxy) is 2. The Morgan fingerprint density at radius 2 is 1.77 bits per heavy atom. The third-order valence-electron chi connectivity index (χ3n) is 6.31. The Morgan fingerprint density at radius 1 is 1.00 bits per heavy atom. The first-order valence-electron chi connectivity index (χ1n) is 12.0. The summed E-state index contributed by atoms with van der Waals surface area (Å²) in [7, 11) is 1.41. The summed E-state index contributed by atoms with van der Waals surface area (Å²) in [4.78, 5) is 39.9. The lowest BCUT2D eigenvalue weighted by atomic mass is 10.0. The van der Waals surface area contributed by atoms with Gasteiger partial charge in [-0.25, -0.2) is 19.7 Å². The minimum atomic E-state index is -4.65. The lowest BCUT2D eigenvalue weighted by Gasteiger charge is -2.20. The number of nitrogens with zero attached hydrogens (tertiary/aromatic N) is 5. The zero-order valence-electron chi connectivity index (χ0n) is 21.4. The van der Waals surface area contributed by atoms with Gasteiger partial charge in [0.15, 0.2) is 11.5 Å². The number of fused-ring (bicyclic) bond motifs is 1. The number of aromatic hydroxyl groups is 1. The Kier molecular flexibility index (Phi) is 6.65. The summed E-state index contributed by atoms with van der Waals surface area (Å²) in [6, 6.07) is 7.63. The molecule has 2 aromatic carbocycles. The van der Waals surface area contributed by atoms with E-state index >= 15 is 0 Å². The topological polar surface area (TPSA) is 118 Å². The molecule has 1 fully saturated rings. The van der Waals surface area contributed by atoms with Gasteiger partial charge >= 0.3 is 12.2 Å². The van der Waals surface area contributed by atoms with E-state index in [4.69, 9.17) is 9.47 Å². The van der Waals surface area contributed by atoms with Crippen LogP contribution in [0.2, 0.25) is 0 Å². The van der Waals surface area contributed by atoms with Gasteiger partial charge in [0.05, 0.1) is 41.1 Å². The molecule has 13 heteroatoms. The smallest absolute Gasteiger partial charge is 0.417 e. The molecule has 0 aliphatic carbocycles. The molecule has 0 bridgehead atoms. The molecule has 4 aromatic rings. The summed E-state index contributed by atoms with van der Waals surface area (Å²) in [6.07, 6.45) is -1.62. The van der Waals surface area contributed by atoms with Crippen LogP contribution in [0.5, 0.6) is 23.1 Å². The first-order chi connectivity index (χ1) is 19.0. The van der Waals surface area contributed by atoms with Gasteiger partial charge in [0.1, 0.15) is 18.6 Å². The van der Waals surface area contributed by atoms with Gasteiger partial charge in [0.2, 0.25) is 5.88 Å². The van der Waals surface area contributed by atoms with E-state index in [0.29, 0.717) is 28.4 Å². The molecule has 5 rings (SSSR count). The number of rotatable bonds is 6. The fourth-order valence-corrected chi connectivity index (χ4v) is 4.30. The number of alkyl halides is 3. The van der Waals surface area contributed by atoms with E-state index in [1.165, 1.54) is 25.6 Å². The van der Waals surface area contributed by atoms with Crippen LogP contribution in [0.25, 0.3) is 10.9 Å². The van der Waals surface area contributed by atoms with Crippen LogP contribution in [-0.2, 0) is 11.0 Å². The number of hydrogen-bond donors (Lipinski definition) is 1. The highest BCUT2D eigenvalue weighted by molar-refractivity contribution is 6.27. The van der Waals surface area contributed by atoms with Crippen molar-refractivity contribution in [3.05, 3.63) is 66.2 Å². The predicted octanol–water partition coefficient (Wildman–Crippen LogP) is 5.65. The van der Waals surface area contributed by atoms with Gasteiger partial charge in [-0.3, -0.25) is 14.7 Å². The van der Waals surface area contributed by atoms with E-state index in [9.17, 15) is 27.9 Å². The fourth-order valence-electron chi connectivity index (χ4n) is 4.30. The van der Waals surface area contributed by atoms with Crippen LogP contribution in [0, 0.1) is 0 Å². The summed E-state index contributed by atoms with van der Waals surface area (Å²) in [5.74, 6) is -0.0454. The number of pyridine rings is 1. The van der Waals surface area contributed by atoms with Crippen LogP contribution in [0.3, 0.4) is 0 Å². The number of amides is 3. The number of phenols is 1. The second kappa shape index (κ2) is 9.98. The minimum Gasteiger partial charge on any atom is -0.504 e. The minimum absolute atomic E-state index is 0.0956. The molecule has 1 aliphatic heterocycles. The monoisotopic (exact) mass is 553 g/mol. The van der Waals surface area contributed by atoms with Crippen molar-refractivity contribution >= 4 is 34.2 Å². The first kappa shape index (κ1) is 26.7. The maximum Gasteiger partial charge on any atom is 0.417 e. The Hall–Kier alpha value is -4.94. The third kappa shape index (κ3) is 4.81. The molecule has 0 radical (unpaired) electrons. The van der Waals surface area contributed by atoms with E-state index in [-0.39, 0.29) is 34.7 Å². The first-order valence-corrected chi connectivity index (χ1v) is 12.0. The summed E-state index contributed by atoms with van der Waals surface area (Å²) in [6.45, 7) is 3.33. The maximum atomic E-state index is 13.2. The number of aromatic nitrogens is 3. The average Bonchev–Trinajstić information content (AvgIpc) is 3.21. The van der Waals surface area contributed by atoms with Gasteiger partial charge in [-0.2, -0.15) is 13.2 Å². The molecule has 1 aliphatic rings. The van der Waals surface area contributed by atoms with Crippen LogP contribution < -0.4 is 19.3 Å². The summed E-state index contributed by atoms with van der Waals surface area (Å²) in [5, 5.41) is 10.6. The van der Waals surface area contributed by atoms with Gasteiger partial charge in [-0.15, -0.1) is 0 Å². The van der Waals surface area contributed by atoms with E-state index in [0.717, 1.165) is 22.1 Å². The van der Waals surface area contributed by atoms with E-state index in [1.54, 1.807) is 18.2 Å². The number of hydrogen-bond acceptors (Lipinski definition) is 8. The lowest BCUT2D eigenvalue weighted by molar-refractivity contribution is -0.137. The Morgan fingerprint density at radius 3 is 2.48 bits per heavy atom. The number of imide groups is 1. The molecule has 0 saturated carbocycles. The number of methoxy groups -OCH3 is 1. The molecule has 0 spiro atoms. The number of benzene rings is 2. The predicted molar refractivity (Wildman–Crippen MR) is 138 cm³/mol. The Labute approximate surface area is 225 Å². The number of halogens is 3. The Bertz CT molecular complexity index is 1640. The van der Waals surface area contributed by atoms with Crippen LogP contribution in [0.1, 0.15) is 30.9 Å². The lowest BCUT2D eigenvalue weighted by Crippen LogP contribution is -2.33. The van der Waals surface area contributed by atoms with Crippen molar-refractivity contribution in [1.29, 1.82) is 0 Å². The molecule has 10 nitrogen and oxygen atoms in total. The van der Waals surface area contributed by atoms with Crippen molar-refractivity contribution in [2.45, 2.75) is 25.9 Å². The molecule has 1 N–H and O–H groups in total. The zero-order chi connectivity index (χ0) is 28.8. The molecule has 2 aromatic heterocycles. The van der Waals surface area contributed by atoms with Crippen molar-refractivity contribution in [3.8, 4) is 23.1 Å². The van der Waals surface area contributed by atoms with E-state index in [1.807, 2.05) is 13.8 Å². The molecule has 206 valence electrons. The van der Waals surface area contributed by atoms with Crippen LogP contribution in [0.4, 0.5) is 29.3 Å². The van der Waals surface area contributed by atoms with Crippen molar-refractivity contribution in [3.63, 3.8) is 0 Å². The molecule has 40 heavy (non-hydrogen) atoms. The number of carbonyl (C=O) groups excluding carboxylic acids is 2.